The van der Waals surface area contributed by atoms with Crippen LogP contribution in [0.4, 0.5) is 22.9 Å². The molecule has 0 saturated carbocycles. The topological polar surface area (TPSA) is 192 Å². The third-order valence-corrected chi connectivity index (χ3v) is 5.07. The number of benzene rings is 1. The number of hydrogen-bond acceptors (Lipinski definition) is 10. The number of nitrogens with two attached hydrogens (primary N) is 1. The van der Waals surface area contributed by atoms with Crippen LogP contribution in [0, 0.1) is 10.1 Å². The molecule has 0 aliphatic rings. The van der Waals surface area contributed by atoms with Crippen molar-refractivity contribution in [2.75, 3.05) is 49.9 Å². The lowest BCUT2D eigenvalue weighted by molar-refractivity contribution is -0.384. The molecule has 1 aromatic heterocycles. The van der Waals surface area contributed by atoms with Crippen molar-refractivity contribution in [2.45, 2.75) is 26.3 Å². The van der Waals surface area contributed by atoms with Crippen LogP contribution in [0.1, 0.15) is 30.1 Å². The number of carbonyl (C=O) groups excluding carboxylic acids is 2. The summed E-state index contributed by atoms with van der Waals surface area (Å²) in [5.41, 5.74) is 3.94. The van der Waals surface area contributed by atoms with Gasteiger partial charge in [-0.25, -0.2) is 9.59 Å². The summed E-state index contributed by atoms with van der Waals surface area (Å²) < 4.78 is 11.2. The number of nitro benzene ring substituents is 1. The van der Waals surface area contributed by atoms with Crippen molar-refractivity contribution in [2.24, 2.45) is 0 Å². The fourth-order valence-corrected chi connectivity index (χ4v) is 3.23. The molecule has 14 heteroatoms. The molecule has 2 aromatic rings. The average Bonchev–Trinajstić information content (AvgIpc) is 2.83. The molecule has 0 aliphatic heterocycles. The Morgan fingerprint density at radius 1 is 1.31 bits per heavy atom. The van der Waals surface area contributed by atoms with Crippen LogP contribution in [-0.2, 0) is 20.8 Å². The number of carbonyl (C=O) groups is 2. The zero-order valence-corrected chi connectivity index (χ0v) is 19.7. The third-order valence-electron chi connectivity index (χ3n) is 5.07. The number of aromatic nitrogens is 2. The van der Waals surface area contributed by atoms with Crippen molar-refractivity contribution >= 4 is 34.8 Å². The van der Waals surface area contributed by atoms with Gasteiger partial charge in [0, 0.05) is 33.3 Å². The molecule has 0 spiro atoms. The lowest BCUT2D eigenvalue weighted by Crippen LogP contribution is -2.44. The molecule has 0 atom stereocenters. The Hall–Kier alpha value is -4.20. The number of hydrogen-bond donors (Lipinski definition) is 3. The highest BCUT2D eigenvalue weighted by atomic mass is 16.6. The number of rotatable bonds is 12. The quantitative estimate of drug-likeness (QED) is 0.216. The molecule has 1 amide bonds. The maximum absolute atomic E-state index is 13.0. The van der Waals surface area contributed by atoms with Gasteiger partial charge in [-0.2, -0.15) is 0 Å². The predicted molar refractivity (Wildman–Crippen MR) is 128 cm³/mol. The highest BCUT2D eigenvalue weighted by Crippen LogP contribution is 2.25. The number of nitrogens with one attached hydrogen (secondary N) is 2. The Morgan fingerprint density at radius 3 is 2.63 bits per heavy atom. The van der Waals surface area contributed by atoms with E-state index in [4.69, 9.17) is 15.2 Å². The largest absolute Gasteiger partial charge is 0.452 e. The second kappa shape index (κ2) is 12.3. The van der Waals surface area contributed by atoms with E-state index in [2.05, 4.69) is 10.3 Å². The van der Waals surface area contributed by atoms with Gasteiger partial charge in [0.25, 0.3) is 17.2 Å². The highest BCUT2D eigenvalue weighted by Gasteiger charge is 2.26. The van der Waals surface area contributed by atoms with Crippen molar-refractivity contribution in [1.82, 2.24) is 9.55 Å². The van der Waals surface area contributed by atoms with Gasteiger partial charge in [-0.3, -0.25) is 34.2 Å². The molecular weight excluding hydrogens is 464 g/mol. The predicted octanol–water partition coefficient (Wildman–Crippen LogP) is 0.705. The van der Waals surface area contributed by atoms with Gasteiger partial charge < -0.3 is 20.5 Å². The smallest absolute Gasteiger partial charge is 0.338 e. The summed E-state index contributed by atoms with van der Waals surface area (Å²) in [5, 5.41) is 13.9. The van der Waals surface area contributed by atoms with E-state index < -0.39 is 34.7 Å². The fraction of sp³-hybridized carbons (Fsp3) is 0.429. The van der Waals surface area contributed by atoms with Gasteiger partial charge in [0.1, 0.15) is 11.5 Å². The second-order valence-electron chi connectivity index (χ2n) is 7.35. The van der Waals surface area contributed by atoms with Crippen LogP contribution in [0.2, 0.25) is 0 Å². The fourth-order valence-electron chi connectivity index (χ4n) is 3.23. The molecule has 1 aromatic carbocycles. The summed E-state index contributed by atoms with van der Waals surface area (Å²) in [6.07, 6.45) is 1.37. The lowest BCUT2D eigenvalue weighted by atomic mass is 10.1. The van der Waals surface area contributed by atoms with Gasteiger partial charge in [0.15, 0.2) is 12.3 Å². The van der Waals surface area contributed by atoms with Crippen LogP contribution in [0.3, 0.4) is 0 Å². The highest BCUT2D eigenvalue weighted by molar-refractivity contribution is 5.99. The van der Waals surface area contributed by atoms with E-state index in [0.29, 0.717) is 6.42 Å². The molecule has 0 bridgehead atoms. The molecule has 0 radical (unpaired) electrons. The van der Waals surface area contributed by atoms with Gasteiger partial charge in [0.2, 0.25) is 0 Å². The summed E-state index contributed by atoms with van der Waals surface area (Å²) in [7, 11) is 2.88. The van der Waals surface area contributed by atoms with E-state index >= 15 is 0 Å². The first kappa shape index (κ1) is 27.0. The Bertz CT molecular complexity index is 1210. The molecular formula is C21H28N6O8. The number of nitrogens with zero attached hydrogens (tertiary/aromatic N) is 3. The van der Waals surface area contributed by atoms with Gasteiger partial charge in [-0.1, -0.05) is 13.3 Å². The van der Waals surface area contributed by atoms with Crippen LogP contribution in [0.15, 0.2) is 27.8 Å². The number of amides is 1. The molecule has 4 N–H and O–H groups in total. The Labute approximate surface area is 199 Å². The first-order valence-electron chi connectivity index (χ1n) is 10.7. The minimum Gasteiger partial charge on any atom is -0.452 e. The van der Waals surface area contributed by atoms with E-state index in [1.165, 1.54) is 26.3 Å². The minimum absolute atomic E-state index is 0.0182. The second-order valence-corrected chi connectivity index (χ2v) is 7.35. The molecule has 35 heavy (non-hydrogen) atoms. The number of unbranched alkanes of at least 4 members (excludes halogenated alkanes) is 1. The van der Waals surface area contributed by atoms with Crippen molar-refractivity contribution in [3.8, 4) is 0 Å². The maximum Gasteiger partial charge on any atom is 0.338 e. The van der Waals surface area contributed by atoms with Crippen molar-refractivity contribution < 1.29 is 24.0 Å². The number of H-pyrrole nitrogens is 1. The molecule has 0 unspecified atom stereocenters. The maximum atomic E-state index is 13.0. The van der Waals surface area contributed by atoms with Crippen LogP contribution in [0.5, 0.6) is 0 Å². The van der Waals surface area contributed by atoms with Gasteiger partial charge in [-0.15, -0.1) is 0 Å². The lowest BCUT2D eigenvalue weighted by Gasteiger charge is -2.24. The van der Waals surface area contributed by atoms with Crippen molar-refractivity contribution in [3.63, 3.8) is 0 Å². The van der Waals surface area contributed by atoms with E-state index in [0.717, 1.165) is 22.0 Å². The number of esters is 1. The average molecular weight is 492 g/mol. The van der Waals surface area contributed by atoms with Gasteiger partial charge in [0.05, 0.1) is 17.1 Å². The molecule has 1 heterocycles. The van der Waals surface area contributed by atoms with E-state index in [-0.39, 0.29) is 48.1 Å². The molecule has 2 rings (SSSR count). The Morgan fingerprint density at radius 2 is 2.03 bits per heavy atom. The molecule has 0 saturated heterocycles. The van der Waals surface area contributed by atoms with Crippen LogP contribution < -0.4 is 27.2 Å². The zero-order valence-electron chi connectivity index (χ0n) is 19.7. The zero-order chi connectivity index (χ0) is 26.1. The summed E-state index contributed by atoms with van der Waals surface area (Å²) in [6, 6.07) is 3.66. The Kier molecular flexibility index (Phi) is 9.52. The number of nitro groups is 1. The van der Waals surface area contributed by atoms with Crippen LogP contribution in [0.25, 0.3) is 0 Å². The number of ether oxygens (including phenoxy) is 2. The summed E-state index contributed by atoms with van der Waals surface area (Å²) in [5.74, 6) is -2.00. The molecule has 0 aliphatic carbocycles. The summed E-state index contributed by atoms with van der Waals surface area (Å²) >= 11 is 0. The molecule has 190 valence electrons. The first-order chi connectivity index (χ1) is 16.7. The van der Waals surface area contributed by atoms with Gasteiger partial charge in [-0.05, 0) is 18.6 Å². The van der Waals surface area contributed by atoms with E-state index in [1.807, 2.05) is 6.92 Å². The van der Waals surface area contributed by atoms with Crippen molar-refractivity contribution in [1.29, 1.82) is 0 Å². The van der Waals surface area contributed by atoms with Gasteiger partial charge >= 0.3 is 11.7 Å². The molecule has 0 fully saturated rings. The van der Waals surface area contributed by atoms with Crippen LogP contribution in [-0.4, -0.2) is 60.3 Å². The molecule has 14 nitrogen and oxygen atoms in total. The number of anilines is 3. The van der Waals surface area contributed by atoms with E-state index in [9.17, 15) is 29.3 Å². The standard InChI is InChI=1S/C21H28N6O8/c1-4-5-8-26-18(22)17(19(29)24-21(26)31)25(9-10-34-3)16(28)12-35-20(30)13-6-7-14(23-2)15(11-13)27(32)33/h6-7,11,23H,4-5,8-10,12,22H2,1-3H3,(H,24,29,31). The Balaban J connectivity index is 2.31. The first-order valence-corrected chi connectivity index (χ1v) is 10.7. The monoisotopic (exact) mass is 492 g/mol. The third kappa shape index (κ3) is 6.44. The SMILES string of the molecule is CCCCn1c(N)c(N(CCOC)C(=O)COC(=O)c2ccc(NC)c([N+](=O)[O-])c2)c(=O)[nH]c1=O. The minimum atomic E-state index is -0.981. The van der Waals surface area contributed by atoms with E-state index in [1.54, 1.807) is 0 Å². The summed E-state index contributed by atoms with van der Waals surface area (Å²) in [4.78, 5) is 63.8. The van der Waals surface area contributed by atoms with Crippen LogP contribution >= 0.6 is 0 Å². The van der Waals surface area contributed by atoms with Crippen molar-refractivity contribution in [3.05, 3.63) is 54.7 Å². The normalized spacial score (nSPS) is 10.6. The summed E-state index contributed by atoms with van der Waals surface area (Å²) in [6.45, 7) is 1.25. The number of aromatic amines is 1. The number of methoxy groups -OCH3 is 1. The number of nitrogen functional groups attached to an aromatic ring is 1.